The van der Waals surface area contributed by atoms with Gasteiger partial charge in [0.05, 0.1) is 0 Å². The molecule has 0 unspecified atom stereocenters. The molecule has 0 atom stereocenters. The topological polar surface area (TPSA) is 0 Å². The van der Waals surface area contributed by atoms with Crippen LogP contribution < -0.4 is 14.0 Å². The molecule has 0 spiro atoms. The molecule has 18 heavy (non-hydrogen) atoms. The van der Waals surface area contributed by atoms with Gasteiger partial charge in [-0.15, -0.1) is 0 Å². The van der Waals surface area contributed by atoms with Gasteiger partial charge in [0, 0.05) is 0 Å². The van der Waals surface area contributed by atoms with Gasteiger partial charge in [0.15, 0.2) is 0 Å². The SMILES string of the molecule is C[Si](C)(C)c1cc[c]([Sn]([CH3])([CH3])[CH3])cc1[Si](C)(C)C. The summed E-state index contributed by atoms with van der Waals surface area (Å²) in [5.41, 5.74) is 0. The Balaban J connectivity index is 3.50. The van der Waals surface area contributed by atoms with E-state index < -0.39 is 34.5 Å². The Bertz CT molecular complexity index is 431. The van der Waals surface area contributed by atoms with Gasteiger partial charge in [-0.25, -0.2) is 0 Å². The van der Waals surface area contributed by atoms with Gasteiger partial charge in [-0.1, -0.05) is 0 Å². The standard InChI is InChI=1S/C12H21Si2.3CH3.Sn/c1-13(2,3)11-9-7-8-10-12(11)14(4,5)6;;;;/h7,9-10H,1-6H3;3*1H3;. The van der Waals surface area contributed by atoms with Crippen LogP contribution in [-0.2, 0) is 0 Å². The molecule has 0 aliphatic rings. The molecule has 0 N–H and O–H groups in total. The molecule has 0 amide bonds. The van der Waals surface area contributed by atoms with Crippen molar-refractivity contribution in [3.05, 3.63) is 18.2 Å². The Morgan fingerprint density at radius 3 is 1.50 bits per heavy atom. The van der Waals surface area contributed by atoms with Crippen LogP contribution in [0.2, 0.25) is 54.1 Å². The fourth-order valence-corrected chi connectivity index (χ4v) is 11.2. The van der Waals surface area contributed by atoms with Crippen molar-refractivity contribution in [2.75, 3.05) is 0 Å². The molecule has 1 aromatic rings. The van der Waals surface area contributed by atoms with Crippen LogP contribution in [-0.4, -0.2) is 34.5 Å². The number of rotatable bonds is 3. The van der Waals surface area contributed by atoms with E-state index in [1.165, 1.54) is 0 Å². The molecule has 0 saturated carbocycles. The second-order valence-corrected chi connectivity index (χ2v) is 33.1. The average molecular weight is 385 g/mol. The van der Waals surface area contributed by atoms with Crippen molar-refractivity contribution in [1.82, 2.24) is 0 Å². The molecule has 1 aromatic carbocycles. The zero-order chi connectivity index (χ0) is 14.4. The predicted octanol–water partition coefficient (Wildman–Crippen LogP) is 3.32. The first-order chi connectivity index (χ1) is 7.83. The van der Waals surface area contributed by atoms with Gasteiger partial charge in [-0.2, -0.15) is 0 Å². The van der Waals surface area contributed by atoms with Gasteiger partial charge in [0.1, 0.15) is 0 Å². The molecule has 0 heterocycles. The summed E-state index contributed by atoms with van der Waals surface area (Å²) < 4.78 is 1.70. The van der Waals surface area contributed by atoms with Crippen LogP contribution in [0, 0.1) is 0 Å². The monoisotopic (exact) mass is 386 g/mol. The van der Waals surface area contributed by atoms with Gasteiger partial charge in [0.25, 0.3) is 0 Å². The third-order valence-corrected chi connectivity index (χ3v) is 13.7. The van der Waals surface area contributed by atoms with Crippen molar-refractivity contribution < 1.29 is 0 Å². The van der Waals surface area contributed by atoms with E-state index in [1.807, 2.05) is 0 Å². The summed E-state index contributed by atoms with van der Waals surface area (Å²) in [5.74, 6) is 0. The summed E-state index contributed by atoms with van der Waals surface area (Å²) in [7, 11) is -2.44. The van der Waals surface area contributed by atoms with Crippen molar-refractivity contribution in [3.8, 4) is 0 Å². The Hall–Kier alpha value is 0.452. The van der Waals surface area contributed by atoms with Crippen LogP contribution in [0.15, 0.2) is 18.2 Å². The van der Waals surface area contributed by atoms with Gasteiger partial charge < -0.3 is 0 Å². The minimum absolute atomic E-state index is 1.21. The van der Waals surface area contributed by atoms with E-state index in [-0.39, 0.29) is 0 Å². The Morgan fingerprint density at radius 2 is 1.17 bits per heavy atom. The van der Waals surface area contributed by atoms with Gasteiger partial charge in [-0.3, -0.25) is 0 Å². The van der Waals surface area contributed by atoms with Crippen molar-refractivity contribution in [2.45, 2.75) is 54.1 Å². The molecular formula is C15H30Si2Sn. The molecule has 0 saturated heterocycles. The molecule has 102 valence electrons. The molecule has 0 aliphatic carbocycles. The van der Waals surface area contributed by atoms with E-state index in [1.54, 1.807) is 14.0 Å². The summed E-state index contributed by atoms with van der Waals surface area (Å²) >= 11 is -1.93. The third-order valence-electron chi connectivity index (χ3n) is 3.50. The molecule has 0 aromatic heterocycles. The van der Waals surface area contributed by atoms with Crippen molar-refractivity contribution in [1.29, 1.82) is 0 Å². The second kappa shape index (κ2) is 5.09. The van der Waals surface area contributed by atoms with Crippen LogP contribution in [0.25, 0.3) is 0 Å². The van der Waals surface area contributed by atoms with Crippen LogP contribution in [0.1, 0.15) is 0 Å². The van der Waals surface area contributed by atoms with Crippen LogP contribution >= 0.6 is 0 Å². The first-order valence-corrected chi connectivity index (χ1v) is 24.0. The Kier molecular flexibility index (Phi) is 4.67. The van der Waals surface area contributed by atoms with E-state index in [0.717, 1.165) is 0 Å². The summed E-state index contributed by atoms with van der Waals surface area (Å²) in [6.07, 6.45) is 0. The summed E-state index contributed by atoms with van der Waals surface area (Å²) in [6.45, 7) is 14.9. The maximum absolute atomic E-state index is 2.61. The normalized spacial score (nSPS) is 13.8. The summed E-state index contributed by atoms with van der Waals surface area (Å²) in [5, 5.41) is 3.45. The van der Waals surface area contributed by atoms with Gasteiger partial charge in [-0.05, 0) is 0 Å². The van der Waals surface area contributed by atoms with E-state index >= 15 is 0 Å². The molecule has 3 heteroatoms. The van der Waals surface area contributed by atoms with E-state index in [9.17, 15) is 0 Å². The predicted molar refractivity (Wildman–Crippen MR) is 95.4 cm³/mol. The zero-order valence-corrected chi connectivity index (χ0v) is 18.6. The van der Waals surface area contributed by atoms with E-state index in [2.05, 4.69) is 72.3 Å². The van der Waals surface area contributed by atoms with Crippen molar-refractivity contribution in [3.63, 3.8) is 0 Å². The molecule has 1 rings (SSSR count). The third kappa shape index (κ3) is 3.97. The summed E-state index contributed by atoms with van der Waals surface area (Å²) in [6, 6.07) is 7.54. The number of benzene rings is 1. The van der Waals surface area contributed by atoms with Crippen LogP contribution in [0.5, 0.6) is 0 Å². The molecule has 0 fully saturated rings. The maximum atomic E-state index is 2.61. The van der Waals surface area contributed by atoms with Crippen molar-refractivity contribution >= 4 is 48.5 Å². The molecule has 0 radical (unpaired) electrons. The van der Waals surface area contributed by atoms with Crippen LogP contribution in [0.3, 0.4) is 0 Å². The number of hydrogen-bond acceptors (Lipinski definition) is 0. The van der Waals surface area contributed by atoms with Gasteiger partial charge in [0.2, 0.25) is 0 Å². The van der Waals surface area contributed by atoms with Crippen molar-refractivity contribution in [2.24, 2.45) is 0 Å². The fraction of sp³-hybridized carbons (Fsp3) is 0.600. The first kappa shape index (κ1) is 16.5. The average Bonchev–Trinajstić information content (AvgIpc) is 2.12. The van der Waals surface area contributed by atoms with E-state index in [4.69, 9.17) is 0 Å². The van der Waals surface area contributed by atoms with Crippen LogP contribution in [0.4, 0.5) is 0 Å². The molecule has 0 nitrogen and oxygen atoms in total. The zero-order valence-electron chi connectivity index (χ0n) is 13.7. The second-order valence-electron chi connectivity index (χ2n) is 8.51. The Labute approximate surface area is 120 Å². The Morgan fingerprint density at radius 1 is 0.722 bits per heavy atom. The number of hydrogen-bond donors (Lipinski definition) is 0. The minimum atomic E-state index is -1.93. The quantitative estimate of drug-likeness (QED) is 0.701. The molecule has 0 bridgehead atoms. The first-order valence-electron chi connectivity index (χ1n) is 6.99. The molecular weight excluding hydrogens is 355 g/mol. The van der Waals surface area contributed by atoms with Gasteiger partial charge >= 0.3 is 121 Å². The van der Waals surface area contributed by atoms with E-state index in [0.29, 0.717) is 0 Å². The fourth-order valence-electron chi connectivity index (χ4n) is 2.29. The summed E-state index contributed by atoms with van der Waals surface area (Å²) in [4.78, 5) is 7.56. The molecule has 0 aliphatic heterocycles.